The van der Waals surface area contributed by atoms with Crippen molar-refractivity contribution in [2.75, 3.05) is 25.0 Å². The Balaban J connectivity index is 1.15. The SMILES string of the molecule is O=C(Nc1ccc(C2NNC(=O)C3CCCCC32)cc1)c1cnn(CCCN2CCCC2)c1. The second-order valence-corrected chi connectivity index (χ2v) is 9.64. The standard InChI is InChI=1S/C25H34N6O2/c32-24(19-16-26-31(17-19)15-5-14-30-12-3-4-13-30)27-20-10-8-18(9-11-20)23-21-6-1-2-7-22(21)25(33)29-28-23/h8-11,16-17,21-23,28H,1-7,12-15H2,(H,27,32)(H,29,33). The van der Waals surface area contributed by atoms with Crippen molar-refractivity contribution in [2.45, 2.75) is 57.5 Å². The van der Waals surface area contributed by atoms with E-state index in [1.165, 1.54) is 32.4 Å². The van der Waals surface area contributed by atoms with E-state index in [4.69, 9.17) is 0 Å². The van der Waals surface area contributed by atoms with Crippen LogP contribution in [0, 0.1) is 11.8 Å². The van der Waals surface area contributed by atoms with E-state index >= 15 is 0 Å². The zero-order valence-corrected chi connectivity index (χ0v) is 19.1. The van der Waals surface area contributed by atoms with Gasteiger partial charge in [-0.05, 0) is 75.4 Å². The summed E-state index contributed by atoms with van der Waals surface area (Å²) < 4.78 is 1.86. The van der Waals surface area contributed by atoms with Gasteiger partial charge in [0.1, 0.15) is 0 Å². The molecule has 8 heteroatoms. The van der Waals surface area contributed by atoms with E-state index < -0.39 is 0 Å². The maximum Gasteiger partial charge on any atom is 0.258 e. The molecule has 176 valence electrons. The first kappa shape index (κ1) is 22.1. The van der Waals surface area contributed by atoms with Crippen molar-refractivity contribution in [3.05, 3.63) is 47.8 Å². The van der Waals surface area contributed by atoms with Gasteiger partial charge in [-0.1, -0.05) is 25.0 Å². The van der Waals surface area contributed by atoms with Crippen molar-refractivity contribution < 1.29 is 9.59 Å². The Morgan fingerprint density at radius 2 is 1.85 bits per heavy atom. The summed E-state index contributed by atoms with van der Waals surface area (Å²) in [5.41, 5.74) is 8.53. The number of likely N-dealkylation sites (tertiary alicyclic amines) is 1. The molecule has 1 aromatic heterocycles. The lowest BCUT2D eigenvalue weighted by Gasteiger charge is -2.41. The Bertz CT molecular complexity index is 966. The zero-order chi connectivity index (χ0) is 22.6. The van der Waals surface area contributed by atoms with E-state index in [-0.39, 0.29) is 23.8 Å². The number of aromatic nitrogens is 2. The van der Waals surface area contributed by atoms with Crippen LogP contribution >= 0.6 is 0 Å². The van der Waals surface area contributed by atoms with Crippen LogP contribution in [-0.2, 0) is 11.3 Å². The number of carbonyl (C=O) groups excluding carboxylic acids is 2. The minimum Gasteiger partial charge on any atom is -0.322 e. The molecule has 8 nitrogen and oxygen atoms in total. The number of hydrogen-bond donors (Lipinski definition) is 3. The van der Waals surface area contributed by atoms with Crippen molar-refractivity contribution in [1.29, 1.82) is 0 Å². The molecule has 0 spiro atoms. The molecule has 2 amide bonds. The molecule has 3 aliphatic rings. The lowest BCUT2D eigenvalue weighted by molar-refractivity contribution is -0.133. The van der Waals surface area contributed by atoms with Gasteiger partial charge in [0, 0.05) is 24.3 Å². The van der Waals surface area contributed by atoms with Crippen LogP contribution < -0.4 is 16.2 Å². The fourth-order valence-corrected chi connectivity index (χ4v) is 5.61. The fourth-order valence-electron chi connectivity index (χ4n) is 5.61. The molecule has 0 radical (unpaired) electrons. The maximum atomic E-state index is 12.7. The van der Waals surface area contributed by atoms with Crippen LogP contribution in [-0.4, -0.2) is 46.1 Å². The van der Waals surface area contributed by atoms with Crippen LogP contribution in [0.4, 0.5) is 5.69 Å². The second-order valence-electron chi connectivity index (χ2n) is 9.64. The molecule has 2 aromatic rings. The highest BCUT2D eigenvalue weighted by molar-refractivity contribution is 6.03. The Labute approximate surface area is 195 Å². The molecule has 3 fully saturated rings. The average molecular weight is 451 g/mol. The van der Waals surface area contributed by atoms with Gasteiger partial charge in [0.2, 0.25) is 5.91 Å². The predicted molar refractivity (Wildman–Crippen MR) is 126 cm³/mol. The summed E-state index contributed by atoms with van der Waals surface area (Å²) in [6.45, 7) is 4.33. The summed E-state index contributed by atoms with van der Waals surface area (Å²) in [6, 6.07) is 8.06. The van der Waals surface area contributed by atoms with Gasteiger partial charge in [-0.2, -0.15) is 5.10 Å². The molecule has 3 atom stereocenters. The lowest BCUT2D eigenvalue weighted by Crippen LogP contribution is -2.55. The number of benzene rings is 1. The van der Waals surface area contributed by atoms with E-state index in [9.17, 15) is 9.59 Å². The number of carbonyl (C=O) groups is 2. The molecule has 1 aliphatic carbocycles. The summed E-state index contributed by atoms with van der Waals surface area (Å²) in [5, 5.41) is 7.33. The van der Waals surface area contributed by atoms with Crippen LogP contribution in [0.3, 0.4) is 0 Å². The number of aryl methyl sites for hydroxylation is 1. The van der Waals surface area contributed by atoms with Gasteiger partial charge in [-0.15, -0.1) is 0 Å². The number of hydrazine groups is 1. The van der Waals surface area contributed by atoms with Gasteiger partial charge in [-0.3, -0.25) is 19.7 Å². The Kier molecular flexibility index (Phi) is 6.73. The van der Waals surface area contributed by atoms with Crippen molar-refractivity contribution in [2.24, 2.45) is 11.8 Å². The van der Waals surface area contributed by atoms with Gasteiger partial charge in [0.15, 0.2) is 0 Å². The first-order chi connectivity index (χ1) is 16.2. The smallest absolute Gasteiger partial charge is 0.258 e. The maximum absolute atomic E-state index is 12.7. The van der Waals surface area contributed by atoms with E-state index in [2.05, 4.69) is 26.2 Å². The number of anilines is 1. The van der Waals surface area contributed by atoms with Crippen molar-refractivity contribution in [3.63, 3.8) is 0 Å². The van der Waals surface area contributed by atoms with Crippen LogP contribution in [0.15, 0.2) is 36.7 Å². The monoisotopic (exact) mass is 450 g/mol. The van der Waals surface area contributed by atoms with E-state index in [0.29, 0.717) is 11.5 Å². The highest BCUT2D eigenvalue weighted by Crippen LogP contribution is 2.40. The van der Waals surface area contributed by atoms with Gasteiger partial charge in [0.05, 0.1) is 17.8 Å². The lowest BCUT2D eigenvalue weighted by atomic mass is 9.72. The molecule has 3 unspecified atom stereocenters. The normalized spacial score (nSPS) is 25.5. The average Bonchev–Trinajstić information content (AvgIpc) is 3.53. The number of amides is 2. The third-order valence-corrected chi connectivity index (χ3v) is 7.42. The molecule has 5 rings (SSSR count). The van der Waals surface area contributed by atoms with E-state index in [1.807, 2.05) is 35.1 Å². The van der Waals surface area contributed by atoms with Gasteiger partial charge < -0.3 is 10.2 Å². The molecule has 3 N–H and O–H groups in total. The van der Waals surface area contributed by atoms with Gasteiger partial charge in [0.25, 0.3) is 5.91 Å². The van der Waals surface area contributed by atoms with Crippen molar-refractivity contribution in [1.82, 2.24) is 25.5 Å². The third-order valence-electron chi connectivity index (χ3n) is 7.42. The Morgan fingerprint density at radius 1 is 1.06 bits per heavy atom. The molecule has 3 heterocycles. The van der Waals surface area contributed by atoms with E-state index in [1.54, 1.807) is 6.20 Å². The molecule has 2 aliphatic heterocycles. The van der Waals surface area contributed by atoms with Crippen LogP contribution in [0.2, 0.25) is 0 Å². The molecular weight excluding hydrogens is 416 g/mol. The Morgan fingerprint density at radius 3 is 2.67 bits per heavy atom. The van der Waals surface area contributed by atoms with Gasteiger partial charge in [-0.25, -0.2) is 5.43 Å². The summed E-state index contributed by atoms with van der Waals surface area (Å²) >= 11 is 0. The Hall–Kier alpha value is -2.71. The summed E-state index contributed by atoms with van der Waals surface area (Å²) in [7, 11) is 0. The largest absolute Gasteiger partial charge is 0.322 e. The number of nitrogens with zero attached hydrogens (tertiary/aromatic N) is 3. The second kappa shape index (κ2) is 10.1. The molecule has 1 aromatic carbocycles. The zero-order valence-electron chi connectivity index (χ0n) is 19.1. The summed E-state index contributed by atoms with van der Waals surface area (Å²) in [5.74, 6) is 0.390. The third kappa shape index (κ3) is 5.12. The van der Waals surface area contributed by atoms with Crippen molar-refractivity contribution >= 4 is 17.5 Å². The molecule has 33 heavy (non-hydrogen) atoms. The minimum atomic E-state index is -0.149. The van der Waals surface area contributed by atoms with Crippen molar-refractivity contribution in [3.8, 4) is 0 Å². The number of nitrogens with one attached hydrogen (secondary N) is 3. The fraction of sp³-hybridized carbons (Fsp3) is 0.560. The minimum absolute atomic E-state index is 0.0938. The number of hydrogen-bond acceptors (Lipinski definition) is 5. The molecular formula is C25H34N6O2. The van der Waals surface area contributed by atoms with E-state index in [0.717, 1.165) is 50.0 Å². The predicted octanol–water partition coefficient (Wildman–Crippen LogP) is 3.10. The number of rotatable bonds is 7. The highest BCUT2D eigenvalue weighted by atomic mass is 16.2. The van der Waals surface area contributed by atoms with Crippen LogP contribution in [0.25, 0.3) is 0 Å². The van der Waals surface area contributed by atoms with Gasteiger partial charge >= 0.3 is 0 Å². The van der Waals surface area contributed by atoms with Crippen LogP contribution in [0.1, 0.15) is 66.9 Å². The number of fused-ring (bicyclic) bond motifs is 1. The summed E-state index contributed by atoms with van der Waals surface area (Å²) in [4.78, 5) is 27.4. The first-order valence-electron chi connectivity index (χ1n) is 12.4. The molecule has 2 saturated heterocycles. The summed E-state index contributed by atoms with van der Waals surface area (Å²) in [6.07, 6.45) is 11.5. The quantitative estimate of drug-likeness (QED) is 0.603. The molecule has 0 bridgehead atoms. The van der Waals surface area contributed by atoms with Crippen LogP contribution in [0.5, 0.6) is 0 Å². The molecule has 1 saturated carbocycles. The first-order valence-corrected chi connectivity index (χ1v) is 12.4. The topological polar surface area (TPSA) is 91.3 Å². The highest BCUT2D eigenvalue weighted by Gasteiger charge is 2.40.